The van der Waals surface area contributed by atoms with Crippen molar-refractivity contribution in [3.8, 4) is 0 Å². The van der Waals surface area contributed by atoms with Crippen LogP contribution < -0.4 is 10.4 Å². The van der Waals surface area contributed by atoms with Gasteiger partial charge >= 0.3 is 0 Å². The second kappa shape index (κ2) is 7.23. The highest BCUT2D eigenvalue weighted by Gasteiger charge is 2.27. The third kappa shape index (κ3) is 3.83. The van der Waals surface area contributed by atoms with E-state index in [1.165, 1.54) is 10.4 Å². The molecule has 108 valence electrons. The smallest absolute Gasteiger partial charge is 0.104 e. The van der Waals surface area contributed by atoms with Crippen LogP contribution in [0.25, 0.3) is 0 Å². The highest BCUT2D eigenvalue weighted by Crippen LogP contribution is 2.17. The fraction of sp³-hybridized carbons (Fsp3) is 0.444. The molecular weight excluding hydrogens is 272 g/mol. The van der Waals surface area contributed by atoms with Gasteiger partial charge in [-0.3, -0.25) is 0 Å². The van der Waals surface area contributed by atoms with Gasteiger partial charge < -0.3 is 0 Å². The quantitative estimate of drug-likeness (QED) is 0.693. The summed E-state index contributed by atoms with van der Waals surface area (Å²) < 4.78 is 0. The van der Waals surface area contributed by atoms with E-state index in [-0.39, 0.29) is 0 Å². The van der Waals surface area contributed by atoms with E-state index in [1.54, 1.807) is 10.4 Å². The Morgan fingerprint density at radius 2 is 1.10 bits per heavy atom. The van der Waals surface area contributed by atoms with Crippen molar-refractivity contribution in [2.45, 2.75) is 52.6 Å². The van der Waals surface area contributed by atoms with Crippen molar-refractivity contribution in [2.75, 3.05) is 0 Å². The third-order valence-corrected chi connectivity index (χ3v) is 10.0. The maximum Gasteiger partial charge on any atom is 0.117 e. The molecule has 1 aromatic carbocycles. The number of benzene rings is 1. The first-order chi connectivity index (χ1) is 9.27. The Labute approximate surface area is 128 Å². The van der Waals surface area contributed by atoms with Gasteiger partial charge in [0.1, 0.15) is 17.6 Å². The molecule has 0 heterocycles. The first-order valence-electron chi connectivity index (χ1n) is 7.42. The topological polar surface area (TPSA) is 0 Å². The standard InChI is InChI=1S/C18H28Si2/c1-13(2)19(14(3)4)17-11-9-10-12-18(17)20(15(5)6)16(7)8/h9-12,14,16H,1,5H2,2-4,6-8H3. The lowest BCUT2D eigenvalue weighted by atomic mass is 10.4. The van der Waals surface area contributed by atoms with Crippen LogP contribution in [0.2, 0.25) is 11.1 Å². The first-order valence-corrected chi connectivity index (χ1v) is 10.6. The summed E-state index contributed by atoms with van der Waals surface area (Å²) in [5.74, 6) is 0. The number of allylic oxidation sites excluding steroid dienone is 2. The summed E-state index contributed by atoms with van der Waals surface area (Å²) in [5.41, 5.74) is 1.36. The Morgan fingerprint density at radius 3 is 1.30 bits per heavy atom. The second-order valence-electron chi connectivity index (χ2n) is 6.24. The molecule has 0 fully saturated rings. The predicted molar refractivity (Wildman–Crippen MR) is 97.0 cm³/mol. The maximum atomic E-state index is 4.28. The zero-order valence-electron chi connectivity index (χ0n) is 13.9. The summed E-state index contributed by atoms with van der Waals surface area (Å²) in [6.45, 7) is 22.3. The van der Waals surface area contributed by atoms with E-state index in [2.05, 4.69) is 79.0 Å². The Balaban J connectivity index is 3.42. The van der Waals surface area contributed by atoms with E-state index in [1.807, 2.05) is 0 Å². The Morgan fingerprint density at radius 1 is 0.800 bits per heavy atom. The molecule has 0 atom stereocenters. The van der Waals surface area contributed by atoms with Gasteiger partial charge in [0, 0.05) is 0 Å². The molecule has 0 saturated heterocycles. The lowest BCUT2D eigenvalue weighted by Gasteiger charge is -2.28. The van der Waals surface area contributed by atoms with Crippen molar-refractivity contribution in [3.05, 3.63) is 47.8 Å². The number of hydrogen-bond donors (Lipinski definition) is 0. The van der Waals surface area contributed by atoms with Crippen LogP contribution in [0.4, 0.5) is 0 Å². The van der Waals surface area contributed by atoms with Crippen LogP contribution in [-0.4, -0.2) is 17.6 Å². The SMILES string of the molecule is C=C(C)[Si](c1ccccc1[Si](C(=C)C)C(C)C)C(C)C. The van der Waals surface area contributed by atoms with Crippen LogP contribution in [0.1, 0.15) is 41.5 Å². The van der Waals surface area contributed by atoms with Gasteiger partial charge in [-0.1, -0.05) is 72.7 Å². The van der Waals surface area contributed by atoms with Crippen molar-refractivity contribution in [1.82, 2.24) is 0 Å². The molecule has 0 aromatic heterocycles. The van der Waals surface area contributed by atoms with Gasteiger partial charge in [-0.05, 0) is 24.9 Å². The van der Waals surface area contributed by atoms with Gasteiger partial charge in [0.25, 0.3) is 0 Å². The molecular formula is C18H28Si2. The molecule has 2 heteroatoms. The fourth-order valence-corrected chi connectivity index (χ4v) is 9.26. The average molecular weight is 301 g/mol. The normalized spacial score (nSPS) is 11.7. The minimum absolute atomic E-state index is 0.680. The van der Waals surface area contributed by atoms with Gasteiger partial charge in [0.15, 0.2) is 0 Å². The van der Waals surface area contributed by atoms with Gasteiger partial charge in [0.05, 0.1) is 0 Å². The highest BCUT2D eigenvalue weighted by molar-refractivity contribution is 6.90. The van der Waals surface area contributed by atoms with Crippen LogP contribution in [0, 0.1) is 0 Å². The molecule has 2 radical (unpaired) electrons. The molecule has 1 rings (SSSR count). The summed E-state index contributed by atoms with van der Waals surface area (Å²) >= 11 is 0. The molecule has 20 heavy (non-hydrogen) atoms. The lowest BCUT2D eigenvalue weighted by Crippen LogP contribution is -2.51. The summed E-state index contributed by atoms with van der Waals surface area (Å²) in [6.07, 6.45) is 0. The van der Waals surface area contributed by atoms with Crippen LogP contribution >= 0.6 is 0 Å². The maximum absolute atomic E-state index is 4.28. The van der Waals surface area contributed by atoms with E-state index in [0.29, 0.717) is 11.1 Å². The summed E-state index contributed by atoms with van der Waals surface area (Å²) in [4.78, 5) is 0. The van der Waals surface area contributed by atoms with Gasteiger partial charge in [-0.2, -0.15) is 0 Å². The summed E-state index contributed by atoms with van der Waals surface area (Å²) in [7, 11) is -1.41. The largest absolute Gasteiger partial charge is 0.117 e. The third-order valence-electron chi connectivity index (χ3n) is 3.58. The van der Waals surface area contributed by atoms with Crippen molar-refractivity contribution in [3.63, 3.8) is 0 Å². The zero-order chi connectivity index (χ0) is 15.4. The molecule has 0 N–H and O–H groups in total. The minimum atomic E-state index is -0.707. The number of hydrogen-bond acceptors (Lipinski definition) is 0. The number of rotatable bonds is 6. The van der Waals surface area contributed by atoms with Crippen LogP contribution in [0.3, 0.4) is 0 Å². The highest BCUT2D eigenvalue weighted by atomic mass is 28.3. The van der Waals surface area contributed by atoms with Crippen molar-refractivity contribution in [2.24, 2.45) is 0 Å². The van der Waals surface area contributed by atoms with Crippen molar-refractivity contribution < 1.29 is 0 Å². The molecule has 0 aliphatic rings. The Bertz CT molecular complexity index is 441. The van der Waals surface area contributed by atoms with E-state index in [9.17, 15) is 0 Å². The molecule has 0 aliphatic heterocycles. The molecule has 0 bridgehead atoms. The summed E-state index contributed by atoms with van der Waals surface area (Å²) in [5, 5.41) is 5.88. The van der Waals surface area contributed by atoms with Crippen LogP contribution in [-0.2, 0) is 0 Å². The molecule has 0 nitrogen and oxygen atoms in total. The lowest BCUT2D eigenvalue weighted by molar-refractivity contribution is 1.04. The van der Waals surface area contributed by atoms with E-state index < -0.39 is 17.6 Å². The van der Waals surface area contributed by atoms with Crippen molar-refractivity contribution >= 4 is 28.0 Å². The predicted octanol–water partition coefficient (Wildman–Crippen LogP) is 4.14. The van der Waals surface area contributed by atoms with E-state index in [4.69, 9.17) is 0 Å². The molecule has 0 saturated carbocycles. The Hall–Kier alpha value is -0.866. The Kier molecular flexibility index (Phi) is 6.21. The van der Waals surface area contributed by atoms with E-state index in [0.717, 1.165) is 0 Å². The monoisotopic (exact) mass is 300 g/mol. The minimum Gasteiger partial charge on any atom is -0.104 e. The first kappa shape index (κ1) is 17.2. The van der Waals surface area contributed by atoms with Crippen LogP contribution in [0.15, 0.2) is 47.8 Å². The van der Waals surface area contributed by atoms with Gasteiger partial charge in [-0.15, -0.1) is 13.2 Å². The van der Waals surface area contributed by atoms with Crippen LogP contribution in [0.5, 0.6) is 0 Å². The molecule has 1 aromatic rings. The van der Waals surface area contributed by atoms with E-state index >= 15 is 0 Å². The molecule has 0 unspecified atom stereocenters. The summed E-state index contributed by atoms with van der Waals surface area (Å²) in [6, 6.07) is 9.06. The van der Waals surface area contributed by atoms with Gasteiger partial charge in [-0.25, -0.2) is 0 Å². The molecule has 0 aliphatic carbocycles. The molecule has 0 amide bonds. The van der Waals surface area contributed by atoms with Crippen molar-refractivity contribution in [1.29, 1.82) is 0 Å². The zero-order valence-corrected chi connectivity index (χ0v) is 15.9. The average Bonchev–Trinajstić information content (AvgIpc) is 2.29. The molecule has 0 spiro atoms. The fourth-order valence-electron chi connectivity index (χ4n) is 3.02. The van der Waals surface area contributed by atoms with Gasteiger partial charge in [0.2, 0.25) is 0 Å². The second-order valence-corrected chi connectivity index (χ2v) is 13.0.